The Labute approximate surface area is 172 Å². The molecule has 3 aromatic rings. The number of hydrogen-bond donors (Lipinski definition) is 1. The molecule has 150 valence electrons. The fourth-order valence-electron chi connectivity index (χ4n) is 2.76. The van der Waals surface area contributed by atoms with Gasteiger partial charge in [-0.2, -0.15) is 4.68 Å². The summed E-state index contributed by atoms with van der Waals surface area (Å²) in [4.78, 5) is 24.5. The van der Waals surface area contributed by atoms with Crippen LogP contribution >= 0.6 is 11.8 Å². The molecule has 0 aliphatic carbocycles. The molecule has 0 spiro atoms. The summed E-state index contributed by atoms with van der Waals surface area (Å²) >= 11 is 1.21. The SMILES string of the molecule is CCOC(=O)c1ccccc1NC(=O)CSc1nnnn1-c1ccc(C)cc1C. The monoisotopic (exact) mass is 411 g/mol. The topological polar surface area (TPSA) is 99.0 Å². The predicted octanol–water partition coefficient (Wildman–Crippen LogP) is 3.19. The van der Waals surface area contributed by atoms with Gasteiger partial charge in [-0.1, -0.05) is 41.6 Å². The molecular weight excluding hydrogens is 390 g/mol. The minimum atomic E-state index is -0.477. The Bertz CT molecular complexity index is 1030. The maximum absolute atomic E-state index is 12.4. The lowest BCUT2D eigenvalue weighted by atomic mass is 10.1. The molecular formula is C20H21N5O3S. The molecule has 0 aliphatic heterocycles. The fourth-order valence-corrected chi connectivity index (χ4v) is 3.44. The number of thioether (sulfide) groups is 1. The number of anilines is 1. The minimum absolute atomic E-state index is 0.0858. The Kier molecular flexibility index (Phi) is 6.61. The number of nitrogens with zero attached hydrogens (tertiary/aromatic N) is 4. The van der Waals surface area contributed by atoms with Crippen LogP contribution < -0.4 is 5.32 Å². The number of aryl methyl sites for hydroxylation is 2. The van der Waals surface area contributed by atoms with Crippen molar-refractivity contribution in [3.8, 4) is 5.69 Å². The number of ether oxygens (including phenoxy) is 1. The van der Waals surface area contributed by atoms with Crippen molar-refractivity contribution < 1.29 is 14.3 Å². The van der Waals surface area contributed by atoms with Gasteiger partial charge in [0.2, 0.25) is 11.1 Å². The quantitative estimate of drug-likeness (QED) is 0.471. The van der Waals surface area contributed by atoms with Crippen molar-refractivity contribution in [1.82, 2.24) is 20.2 Å². The third-order valence-electron chi connectivity index (χ3n) is 4.05. The molecule has 1 N–H and O–H groups in total. The molecule has 8 nitrogen and oxygen atoms in total. The van der Waals surface area contributed by atoms with Gasteiger partial charge in [0.1, 0.15) is 0 Å². The lowest BCUT2D eigenvalue weighted by Gasteiger charge is -2.10. The zero-order valence-electron chi connectivity index (χ0n) is 16.4. The standard InChI is InChI=1S/C20H21N5O3S/c1-4-28-19(27)15-7-5-6-8-16(15)21-18(26)12-29-20-22-23-24-25(20)17-10-9-13(2)11-14(17)3/h5-11H,4,12H2,1-3H3,(H,21,26). The van der Waals surface area contributed by atoms with Crippen molar-refractivity contribution in [2.24, 2.45) is 0 Å². The average Bonchev–Trinajstić information content (AvgIpc) is 3.15. The number of carbonyl (C=O) groups excluding carboxylic acids is 2. The number of aromatic nitrogens is 4. The second-order valence-corrected chi connectivity index (χ2v) is 7.21. The Morgan fingerprint density at radius 2 is 1.97 bits per heavy atom. The highest BCUT2D eigenvalue weighted by atomic mass is 32.2. The molecule has 29 heavy (non-hydrogen) atoms. The van der Waals surface area contributed by atoms with Gasteiger partial charge in [0.15, 0.2) is 0 Å². The predicted molar refractivity (Wildman–Crippen MR) is 110 cm³/mol. The summed E-state index contributed by atoms with van der Waals surface area (Å²) in [6, 6.07) is 12.7. The zero-order valence-corrected chi connectivity index (χ0v) is 17.2. The van der Waals surface area contributed by atoms with Gasteiger partial charge in [-0.3, -0.25) is 4.79 Å². The molecule has 2 aromatic carbocycles. The van der Waals surface area contributed by atoms with Gasteiger partial charge in [0, 0.05) is 0 Å². The van der Waals surface area contributed by atoms with Crippen LogP contribution in [-0.4, -0.2) is 44.4 Å². The van der Waals surface area contributed by atoms with E-state index in [2.05, 4.69) is 20.8 Å². The van der Waals surface area contributed by atoms with E-state index in [4.69, 9.17) is 4.74 Å². The second-order valence-electron chi connectivity index (χ2n) is 6.27. The van der Waals surface area contributed by atoms with Crippen LogP contribution in [0.2, 0.25) is 0 Å². The van der Waals surface area contributed by atoms with Gasteiger partial charge in [-0.05, 0) is 55.0 Å². The number of nitrogens with one attached hydrogen (secondary N) is 1. The van der Waals surface area contributed by atoms with E-state index in [1.54, 1.807) is 35.9 Å². The third-order valence-corrected chi connectivity index (χ3v) is 4.97. The number of para-hydroxylation sites is 1. The molecule has 3 rings (SSSR count). The van der Waals surface area contributed by atoms with Crippen molar-refractivity contribution in [1.29, 1.82) is 0 Å². The van der Waals surface area contributed by atoms with Crippen LogP contribution in [0.5, 0.6) is 0 Å². The first kappa shape index (κ1) is 20.5. The van der Waals surface area contributed by atoms with E-state index in [-0.39, 0.29) is 18.3 Å². The largest absolute Gasteiger partial charge is 0.462 e. The van der Waals surface area contributed by atoms with Crippen molar-refractivity contribution in [2.45, 2.75) is 25.9 Å². The number of benzene rings is 2. The van der Waals surface area contributed by atoms with Crippen LogP contribution in [0, 0.1) is 13.8 Å². The van der Waals surface area contributed by atoms with Crippen LogP contribution in [-0.2, 0) is 9.53 Å². The lowest BCUT2D eigenvalue weighted by Crippen LogP contribution is -2.17. The van der Waals surface area contributed by atoms with Crippen molar-refractivity contribution in [2.75, 3.05) is 17.7 Å². The highest BCUT2D eigenvalue weighted by Gasteiger charge is 2.16. The first-order valence-electron chi connectivity index (χ1n) is 9.04. The van der Waals surface area contributed by atoms with E-state index in [1.807, 2.05) is 32.0 Å². The van der Waals surface area contributed by atoms with E-state index < -0.39 is 5.97 Å². The molecule has 9 heteroatoms. The molecule has 0 fully saturated rings. The van der Waals surface area contributed by atoms with Crippen LogP contribution in [0.15, 0.2) is 47.6 Å². The normalized spacial score (nSPS) is 10.6. The molecule has 1 aromatic heterocycles. The molecule has 0 bridgehead atoms. The first-order valence-corrected chi connectivity index (χ1v) is 10.0. The molecule has 0 saturated carbocycles. The van der Waals surface area contributed by atoms with Gasteiger partial charge in [0.05, 0.1) is 29.3 Å². The van der Waals surface area contributed by atoms with Gasteiger partial charge >= 0.3 is 5.97 Å². The van der Waals surface area contributed by atoms with E-state index in [0.717, 1.165) is 16.8 Å². The number of rotatable bonds is 7. The van der Waals surface area contributed by atoms with E-state index in [0.29, 0.717) is 16.4 Å². The minimum Gasteiger partial charge on any atom is -0.462 e. The number of amides is 1. The summed E-state index contributed by atoms with van der Waals surface area (Å²) < 4.78 is 6.64. The van der Waals surface area contributed by atoms with Crippen LogP contribution in [0.4, 0.5) is 5.69 Å². The average molecular weight is 411 g/mol. The molecule has 0 atom stereocenters. The lowest BCUT2D eigenvalue weighted by molar-refractivity contribution is -0.113. The maximum atomic E-state index is 12.4. The highest BCUT2D eigenvalue weighted by molar-refractivity contribution is 7.99. The van der Waals surface area contributed by atoms with Gasteiger partial charge in [-0.25, -0.2) is 4.79 Å². The molecule has 0 saturated heterocycles. The van der Waals surface area contributed by atoms with Gasteiger partial charge in [0.25, 0.3) is 0 Å². The Morgan fingerprint density at radius 1 is 1.17 bits per heavy atom. The smallest absolute Gasteiger partial charge is 0.340 e. The Balaban J connectivity index is 1.69. The fraction of sp³-hybridized carbons (Fsp3) is 0.250. The summed E-state index contributed by atoms with van der Waals surface area (Å²) in [5.41, 5.74) is 3.76. The summed E-state index contributed by atoms with van der Waals surface area (Å²) in [7, 11) is 0. The van der Waals surface area contributed by atoms with Gasteiger partial charge < -0.3 is 10.1 Å². The Morgan fingerprint density at radius 3 is 2.72 bits per heavy atom. The number of carbonyl (C=O) groups is 2. The van der Waals surface area contributed by atoms with E-state index >= 15 is 0 Å². The van der Waals surface area contributed by atoms with Crippen LogP contribution in [0.25, 0.3) is 5.69 Å². The third kappa shape index (κ3) is 5.00. The molecule has 0 unspecified atom stereocenters. The van der Waals surface area contributed by atoms with E-state index in [1.165, 1.54) is 11.8 Å². The zero-order chi connectivity index (χ0) is 20.8. The van der Waals surface area contributed by atoms with Crippen molar-refractivity contribution >= 4 is 29.3 Å². The first-order chi connectivity index (χ1) is 14.0. The summed E-state index contributed by atoms with van der Waals surface area (Å²) in [5.74, 6) is -0.667. The summed E-state index contributed by atoms with van der Waals surface area (Å²) in [5, 5.41) is 15.0. The Hall–Kier alpha value is -3.20. The molecule has 0 aliphatic rings. The number of esters is 1. The summed E-state index contributed by atoms with van der Waals surface area (Å²) in [6.07, 6.45) is 0. The van der Waals surface area contributed by atoms with Crippen LogP contribution in [0.1, 0.15) is 28.4 Å². The number of hydrogen-bond acceptors (Lipinski definition) is 7. The highest BCUT2D eigenvalue weighted by Crippen LogP contribution is 2.22. The molecule has 1 amide bonds. The van der Waals surface area contributed by atoms with Crippen molar-refractivity contribution in [3.63, 3.8) is 0 Å². The molecule has 1 heterocycles. The summed E-state index contributed by atoms with van der Waals surface area (Å²) in [6.45, 7) is 6.00. The molecule has 0 radical (unpaired) electrons. The van der Waals surface area contributed by atoms with Gasteiger partial charge in [-0.15, -0.1) is 5.10 Å². The van der Waals surface area contributed by atoms with Crippen molar-refractivity contribution in [3.05, 3.63) is 59.2 Å². The maximum Gasteiger partial charge on any atom is 0.340 e. The van der Waals surface area contributed by atoms with E-state index in [9.17, 15) is 9.59 Å². The second kappa shape index (κ2) is 9.33. The van der Waals surface area contributed by atoms with Crippen LogP contribution in [0.3, 0.4) is 0 Å². The number of tetrazole rings is 1.